The Morgan fingerprint density at radius 2 is 1.96 bits per heavy atom. The summed E-state index contributed by atoms with van der Waals surface area (Å²) in [5.74, 6) is -1.04. The molecule has 238 valence electrons. The van der Waals surface area contributed by atoms with Crippen molar-refractivity contribution < 1.29 is 29.0 Å². The van der Waals surface area contributed by atoms with Crippen LogP contribution >= 0.6 is 0 Å². The van der Waals surface area contributed by atoms with Gasteiger partial charge in [-0.1, -0.05) is 42.4 Å². The zero-order valence-corrected chi connectivity index (χ0v) is 26.2. The molecular weight excluding hydrogens is 588 g/mol. The molecule has 0 radical (unpaired) electrons. The molecular formula is C35H36N4O7. The molecule has 2 aromatic heterocycles. The van der Waals surface area contributed by atoms with Gasteiger partial charge in [-0.3, -0.25) is 4.79 Å². The standard InChI is InChI=1S/C35H36N4O7/c1-5-35(43)25-17-28-30-21(18-39(28)31(40)24(25)19-44-33(35)42)16-23-22(13-14-37-46-34(2,3)4)29(12-11-27(23)38-30)45-32(41)26(36)15-20-9-7-6-8-10-20/h6-12,14,16-17,26,43H,5,13,15,18-19,36H2,1-4H3. The van der Waals surface area contributed by atoms with Gasteiger partial charge < -0.3 is 29.7 Å². The number of hydrogen-bond donors (Lipinski definition) is 2. The number of oxime groups is 1. The Hall–Kier alpha value is -4.87. The SMILES string of the molecule is CCC1(O)C(=O)OCc2c1cc1n(c2=O)Cc2cc3c(CC=NOC(C)(C)C)c(OC(=O)C(N)Cc4ccccc4)ccc3nc2-1. The van der Waals surface area contributed by atoms with Crippen LogP contribution in [-0.2, 0) is 50.8 Å². The van der Waals surface area contributed by atoms with Gasteiger partial charge in [0.25, 0.3) is 5.56 Å². The smallest absolute Gasteiger partial charge is 0.343 e. The van der Waals surface area contributed by atoms with Crippen LogP contribution in [0.5, 0.6) is 5.75 Å². The molecule has 46 heavy (non-hydrogen) atoms. The molecule has 0 saturated heterocycles. The van der Waals surface area contributed by atoms with Gasteiger partial charge in [0.1, 0.15) is 24.0 Å². The normalized spacial score (nSPS) is 17.7. The lowest BCUT2D eigenvalue weighted by atomic mass is 9.86. The number of nitrogens with zero attached hydrogens (tertiary/aromatic N) is 3. The summed E-state index contributed by atoms with van der Waals surface area (Å²) in [5.41, 5.74) is 7.99. The Bertz CT molecular complexity index is 1950. The predicted molar refractivity (Wildman–Crippen MR) is 171 cm³/mol. The second-order valence-corrected chi connectivity index (χ2v) is 12.6. The first-order chi connectivity index (χ1) is 21.9. The van der Waals surface area contributed by atoms with Crippen LogP contribution in [0.25, 0.3) is 22.3 Å². The van der Waals surface area contributed by atoms with E-state index in [4.69, 9.17) is 25.0 Å². The molecule has 4 heterocycles. The van der Waals surface area contributed by atoms with Crippen LogP contribution in [0.4, 0.5) is 0 Å². The van der Waals surface area contributed by atoms with Gasteiger partial charge in [0.2, 0.25) is 0 Å². The van der Waals surface area contributed by atoms with Crippen LogP contribution in [-0.4, -0.2) is 44.5 Å². The molecule has 2 atom stereocenters. The van der Waals surface area contributed by atoms with Crippen LogP contribution < -0.4 is 16.0 Å². The first-order valence-corrected chi connectivity index (χ1v) is 15.2. The minimum atomic E-state index is -1.91. The van der Waals surface area contributed by atoms with E-state index >= 15 is 0 Å². The van der Waals surface area contributed by atoms with Gasteiger partial charge >= 0.3 is 11.9 Å². The van der Waals surface area contributed by atoms with Crippen LogP contribution in [0.1, 0.15) is 61.9 Å². The maximum absolute atomic E-state index is 13.6. The van der Waals surface area contributed by atoms with Crippen LogP contribution in [0.2, 0.25) is 0 Å². The van der Waals surface area contributed by atoms with Crippen molar-refractivity contribution in [3.63, 3.8) is 0 Å². The van der Waals surface area contributed by atoms with E-state index in [1.807, 2.05) is 57.2 Å². The molecule has 0 spiro atoms. The van der Waals surface area contributed by atoms with Gasteiger partial charge in [-0.2, -0.15) is 0 Å². The lowest BCUT2D eigenvalue weighted by molar-refractivity contribution is -0.172. The Kier molecular flexibility index (Phi) is 7.99. The molecule has 2 aliphatic rings. The number of carbonyl (C=O) groups excluding carboxylic acids is 2. The van der Waals surface area contributed by atoms with Crippen LogP contribution in [0, 0.1) is 0 Å². The summed E-state index contributed by atoms with van der Waals surface area (Å²) in [6.07, 6.45) is 2.23. The van der Waals surface area contributed by atoms with E-state index in [0.29, 0.717) is 40.0 Å². The van der Waals surface area contributed by atoms with Crippen molar-refractivity contribution in [1.29, 1.82) is 0 Å². The molecule has 0 saturated carbocycles. The van der Waals surface area contributed by atoms with Gasteiger partial charge in [0.05, 0.1) is 29.0 Å². The fourth-order valence-electron chi connectivity index (χ4n) is 5.86. The molecule has 2 aromatic carbocycles. The molecule has 0 fully saturated rings. The van der Waals surface area contributed by atoms with Gasteiger partial charge in [0, 0.05) is 34.7 Å². The fraction of sp³-hybridized carbons (Fsp3) is 0.343. The highest BCUT2D eigenvalue weighted by molar-refractivity contribution is 5.92. The largest absolute Gasteiger partial charge is 0.458 e. The van der Waals surface area contributed by atoms with E-state index in [2.05, 4.69) is 5.16 Å². The molecule has 2 aliphatic heterocycles. The predicted octanol–water partition coefficient (Wildman–Crippen LogP) is 3.90. The number of ether oxygens (including phenoxy) is 2. The maximum Gasteiger partial charge on any atom is 0.343 e. The summed E-state index contributed by atoms with van der Waals surface area (Å²) in [5, 5.41) is 16.0. The van der Waals surface area contributed by atoms with Crippen molar-refractivity contribution in [3.8, 4) is 17.1 Å². The summed E-state index contributed by atoms with van der Waals surface area (Å²) in [6.45, 7) is 7.34. The number of nitrogens with two attached hydrogens (primary N) is 1. The number of rotatable bonds is 8. The van der Waals surface area contributed by atoms with Crippen LogP contribution in [0.15, 0.2) is 64.5 Å². The van der Waals surface area contributed by atoms with Crippen molar-refractivity contribution in [1.82, 2.24) is 9.55 Å². The number of esters is 2. The van der Waals surface area contributed by atoms with Crippen LogP contribution in [0.3, 0.4) is 0 Å². The summed E-state index contributed by atoms with van der Waals surface area (Å²) in [6, 6.07) is 15.6. The first kappa shape index (κ1) is 31.1. The molecule has 0 amide bonds. The van der Waals surface area contributed by atoms with E-state index in [9.17, 15) is 19.5 Å². The average Bonchev–Trinajstić information content (AvgIpc) is 3.38. The maximum atomic E-state index is 13.6. The first-order valence-electron chi connectivity index (χ1n) is 15.2. The quantitative estimate of drug-likeness (QED) is 0.113. The van der Waals surface area contributed by atoms with Gasteiger partial charge in [-0.25, -0.2) is 14.6 Å². The van der Waals surface area contributed by atoms with E-state index in [1.54, 1.807) is 35.9 Å². The highest BCUT2D eigenvalue weighted by Crippen LogP contribution is 2.40. The van der Waals surface area contributed by atoms with Crippen molar-refractivity contribution in [2.24, 2.45) is 10.9 Å². The molecule has 6 rings (SSSR count). The van der Waals surface area contributed by atoms with Crippen molar-refractivity contribution in [2.75, 3.05) is 0 Å². The van der Waals surface area contributed by atoms with E-state index < -0.39 is 29.2 Å². The van der Waals surface area contributed by atoms with Crippen molar-refractivity contribution in [3.05, 3.63) is 92.8 Å². The molecule has 0 aliphatic carbocycles. The lowest BCUT2D eigenvalue weighted by Crippen LogP contribution is -2.44. The van der Waals surface area contributed by atoms with Crippen molar-refractivity contribution >= 4 is 29.1 Å². The van der Waals surface area contributed by atoms with E-state index in [1.165, 1.54) is 0 Å². The second kappa shape index (κ2) is 11.8. The molecule has 11 nitrogen and oxygen atoms in total. The molecule has 11 heteroatoms. The Morgan fingerprint density at radius 1 is 1.20 bits per heavy atom. The third-order valence-electron chi connectivity index (χ3n) is 8.27. The number of benzene rings is 2. The zero-order chi connectivity index (χ0) is 32.8. The highest BCUT2D eigenvalue weighted by atomic mass is 16.6. The monoisotopic (exact) mass is 624 g/mol. The molecule has 2 unspecified atom stereocenters. The number of hydrogen-bond acceptors (Lipinski definition) is 10. The van der Waals surface area contributed by atoms with Gasteiger partial charge in [-0.05, 0) is 63.4 Å². The topological polar surface area (TPSA) is 155 Å². The number of fused-ring (bicyclic) bond motifs is 5. The summed E-state index contributed by atoms with van der Waals surface area (Å²) >= 11 is 0. The fourth-order valence-corrected chi connectivity index (χ4v) is 5.86. The van der Waals surface area contributed by atoms with E-state index in [0.717, 1.165) is 11.1 Å². The van der Waals surface area contributed by atoms with Gasteiger partial charge in [-0.15, -0.1) is 0 Å². The number of carbonyl (C=O) groups is 2. The Balaban J connectivity index is 1.40. The number of cyclic esters (lactones) is 1. The minimum absolute atomic E-state index is 0.0556. The molecule has 3 N–H and O–H groups in total. The summed E-state index contributed by atoms with van der Waals surface area (Å²) in [4.78, 5) is 49.7. The number of aliphatic hydroxyl groups is 1. The third kappa shape index (κ3) is 5.67. The van der Waals surface area contributed by atoms with E-state index in [-0.39, 0.29) is 42.7 Å². The summed E-state index contributed by atoms with van der Waals surface area (Å²) < 4.78 is 12.6. The minimum Gasteiger partial charge on any atom is -0.458 e. The van der Waals surface area contributed by atoms with Crippen molar-refractivity contribution in [2.45, 2.75) is 77.4 Å². The zero-order valence-electron chi connectivity index (χ0n) is 26.2. The Morgan fingerprint density at radius 3 is 2.67 bits per heavy atom. The third-order valence-corrected chi connectivity index (χ3v) is 8.27. The highest BCUT2D eigenvalue weighted by Gasteiger charge is 2.45. The lowest BCUT2D eigenvalue weighted by Gasteiger charge is -2.31. The van der Waals surface area contributed by atoms with Gasteiger partial charge in [0.15, 0.2) is 5.60 Å². The number of pyridine rings is 2. The second-order valence-electron chi connectivity index (χ2n) is 12.6. The Labute approximate surface area is 265 Å². The number of aromatic nitrogens is 2. The molecule has 0 bridgehead atoms. The molecule has 4 aromatic rings. The summed E-state index contributed by atoms with van der Waals surface area (Å²) in [7, 11) is 0. The average molecular weight is 625 g/mol.